The Hall–Kier alpha value is -1.75. The minimum atomic E-state index is -0.996. The van der Waals surface area contributed by atoms with E-state index >= 15 is 0 Å². The number of hydrogen-bond acceptors (Lipinski definition) is 3. The quantitative estimate of drug-likeness (QED) is 0.907. The van der Waals surface area contributed by atoms with Crippen molar-refractivity contribution in [1.82, 2.24) is 9.55 Å². The van der Waals surface area contributed by atoms with Crippen molar-refractivity contribution in [3.8, 4) is 11.6 Å². The molecular formula is C12H11ClN2O3. The molecule has 0 saturated carbocycles. The highest BCUT2D eigenvalue weighted by atomic mass is 35.5. The summed E-state index contributed by atoms with van der Waals surface area (Å²) in [6.07, 6.45) is 2.75. The fourth-order valence-corrected chi connectivity index (χ4v) is 2.48. The molecule has 18 heavy (non-hydrogen) atoms. The van der Waals surface area contributed by atoms with Gasteiger partial charge in [-0.05, 0) is 43.0 Å². The van der Waals surface area contributed by atoms with Gasteiger partial charge in [0.2, 0.25) is 0 Å². The lowest BCUT2D eigenvalue weighted by atomic mass is 10.1. The molecule has 0 aromatic carbocycles. The van der Waals surface area contributed by atoms with Crippen molar-refractivity contribution in [2.45, 2.75) is 25.8 Å². The number of rotatable bonds is 2. The van der Waals surface area contributed by atoms with Crippen molar-refractivity contribution < 1.29 is 14.3 Å². The first-order chi connectivity index (χ1) is 8.66. The molecule has 0 unspecified atom stereocenters. The smallest absolute Gasteiger partial charge is 0.356 e. The predicted molar refractivity (Wildman–Crippen MR) is 64.8 cm³/mol. The largest absolute Gasteiger partial charge is 0.476 e. The summed E-state index contributed by atoms with van der Waals surface area (Å²) < 4.78 is 7.24. The first kappa shape index (κ1) is 11.3. The van der Waals surface area contributed by atoms with Crippen LogP contribution in [0.5, 0.6) is 0 Å². The number of halogens is 1. The zero-order valence-electron chi connectivity index (χ0n) is 9.52. The van der Waals surface area contributed by atoms with Gasteiger partial charge in [-0.2, -0.15) is 0 Å². The van der Waals surface area contributed by atoms with Crippen LogP contribution in [0.15, 0.2) is 16.5 Å². The summed E-state index contributed by atoms with van der Waals surface area (Å²) in [5.41, 5.74) is 0.897. The van der Waals surface area contributed by atoms with Gasteiger partial charge >= 0.3 is 5.97 Å². The molecule has 94 valence electrons. The molecule has 0 amide bonds. The Morgan fingerprint density at radius 2 is 2.28 bits per heavy atom. The van der Waals surface area contributed by atoms with Crippen LogP contribution in [-0.2, 0) is 13.0 Å². The number of fused-ring (bicyclic) bond motifs is 1. The number of carboxylic acid groups (broad SMARTS) is 1. The molecule has 1 aliphatic rings. The molecule has 1 N–H and O–H groups in total. The standard InChI is InChI=1S/C12H11ClN2O3/c13-9-5-4-8(18-9)11-14-10(12(16)17)7-3-1-2-6-15(7)11/h4-5H,1-3,6H2,(H,16,17). The van der Waals surface area contributed by atoms with Gasteiger partial charge < -0.3 is 14.1 Å². The number of furan rings is 1. The fraction of sp³-hybridized carbons (Fsp3) is 0.333. The third-order valence-electron chi connectivity index (χ3n) is 3.11. The summed E-state index contributed by atoms with van der Waals surface area (Å²) >= 11 is 5.74. The number of aromatic nitrogens is 2. The van der Waals surface area contributed by atoms with Gasteiger partial charge in [-0.25, -0.2) is 9.78 Å². The Morgan fingerprint density at radius 3 is 2.94 bits per heavy atom. The maximum absolute atomic E-state index is 11.2. The van der Waals surface area contributed by atoms with Crippen LogP contribution in [0.3, 0.4) is 0 Å². The second-order valence-corrected chi connectivity index (χ2v) is 4.62. The van der Waals surface area contributed by atoms with Crippen molar-refractivity contribution in [3.05, 3.63) is 28.7 Å². The molecule has 2 aromatic rings. The Labute approximate surface area is 108 Å². The van der Waals surface area contributed by atoms with E-state index in [1.54, 1.807) is 12.1 Å². The van der Waals surface area contributed by atoms with Crippen LogP contribution in [0.2, 0.25) is 5.22 Å². The summed E-state index contributed by atoms with van der Waals surface area (Å²) in [4.78, 5) is 15.4. The van der Waals surface area contributed by atoms with Crippen LogP contribution in [0.4, 0.5) is 0 Å². The zero-order chi connectivity index (χ0) is 12.7. The van der Waals surface area contributed by atoms with Crippen LogP contribution >= 0.6 is 11.6 Å². The van der Waals surface area contributed by atoms with Gasteiger partial charge in [0.1, 0.15) is 0 Å². The molecule has 0 spiro atoms. The highest BCUT2D eigenvalue weighted by Gasteiger charge is 2.25. The Kier molecular flexibility index (Phi) is 2.63. The Morgan fingerprint density at radius 1 is 1.44 bits per heavy atom. The topological polar surface area (TPSA) is 68.3 Å². The van der Waals surface area contributed by atoms with E-state index in [0.29, 0.717) is 11.6 Å². The first-order valence-electron chi connectivity index (χ1n) is 5.75. The van der Waals surface area contributed by atoms with Crippen LogP contribution in [0.1, 0.15) is 29.0 Å². The molecule has 0 fully saturated rings. The summed E-state index contributed by atoms with van der Waals surface area (Å²) in [7, 11) is 0. The molecule has 0 atom stereocenters. The Balaban J connectivity index is 2.18. The van der Waals surface area contributed by atoms with Gasteiger partial charge in [-0.15, -0.1) is 0 Å². The number of carboxylic acids is 1. The number of hydrogen-bond donors (Lipinski definition) is 1. The highest BCUT2D eigenvalue weighted by molar-refractivity contribution is 6.28. The first-order valence-corrected chi connectivity index (χ1v) is 6.13. The molecule has 0 radical (unpaired) electrons. The highest BCUT2D eigenvalue weighted by Crippen LogP contribution is 2.29. The normalized spacial score (nSPS) is 14.5. The van der Waals surface area contributed by atoms with E-state index < -0.39 is 5.97 Å². The lowest BCUT2D eigenvalue weighted by Gasteiger charge is -2.15. The molecule has 6 heteroatoms. The molecule has 0 aliphatic carbocycles. The predicted octanol–water partition coefficient (Wildman–Crippen LogP) is 2.83. The summed E-state index contributed by atoms with van der Waals surface area (Å²) in [5, 5.41) is 9.45. The van der Waals surface area contributed by atoms with Crippen LogP contribution in [0, 0.1) is 0 Å². The number of carbonyl (C=O) groups is 1. The fourth-order valence-electron chi connectivity index (χ4n) is 2.34. The minimum absolute atomic E-state index is 0.122. The van der Waals surface area contributed by atoms with Crippen molar-refractivity contribution in [3.63, 3.8) is 0 Å². The van der Waals surface area contributed by atoms with Gasteiger partial charge in [0, 0.05) is 6.54 Å². The van der Waals surface area contributed by atoms with E-state index in [-0.39, 0.29) is 10.9 Å². The molecule has 1 aliphatic heterocycles. The van der Waals surface area contributed by atoms with E-state index in [1.165, 1.54) is 0 Å². The molecular weight excluding hydrogens is 256 g/mol. The zero-order valence-corrected chi connectivity index (χ0v) is 10.3. The minimum Gasteiger partial charge on any atom is -0.476 e. The van der Waals surface area contributed by atoms with E-state index in [4.69, 9.17) is 16.0 Å². The van der Waals surface area contributed by atoms with Crippen LogP contribution < -0.4 is 0 Å². The monoisotopic (exact) mass is 266 g/mol. The Bertz CT molecular complexity index is 615. The summed E-state index contributed by atoms with van der Waals surface area (Å²) in [5.74, 6) is 0.0641. The molecule has 3 rings (SSSR count). The summed E-state index contributed by atoms with van der Waals surface area (Å²) in [6.45, 7) is 0.767. The van der Waals surface area contributed by atoms with Crippen molar-refractivity contribution in [1.29, 1.82) is 0 Å². The molecule has 3 heterocycles. The van der Waals surface area contributed by atoms with Crippen LogP contribution in [-0.4, -0.2) is 20.6 Å². The van der Waals surface area contributed by atoms with Gasteiger partial charge in [0.15, 0.2) is 22.5 Å². The third-order valence-corrected chi connectivity index (χ3v) is 3.32. The average Bonchev–Trinajstić information content (AvgIpc) is 2.92. The van der Waals surface area contributed by atoms with Gasteiger partial charge in [0.05, 0.1) is 5.69 Å². The van der Waals surface area contributed by atoms with E-state index in [1.807, 2.05) is 4.57 Å². The van der Waals surface area contributed by atoms with E-state index in [0.717, 1.165) is 31.5 Å². The number of nitrogens with zero attached hydrogens (tertiary/aromatic N) is 2. The number of imidazole rings is 1. The lowest BCUT2D eigenvalue weighted by Crippen LogP contribution is -2.13. The SMILES string of the molecule is O=C(O)c1nc(-c2ccc(Cl)o2)n2c1CCCC2. The van der Waals surface area contributed by atoms with Crippen LogP contribution in [0.25, 0.3) is 11.6 Å². The average molecular weight is 267 g/mol. The molecule has 2 aromatic heterocycles. The van der Waals surface area contributed by atoms with Gasteiger partial charge in [-0.1, -0.05) is 0 Å². The molecule has 5 nitrogen and oxygen atoms in total. The maximum Gasteiger partial charge on any atom is 0.356 e. The molecule has 0 saturated heterocycles. The van der Waals surface area contributed by atoms with E-state index in [9.17, 15) is 9.90 Å². The third kappa shape index (κ3) is 1.71. The molecule has 0 bridgehead atoms. The van der Waals surface area contributed by atoms with Crippen molar-refractivity contribution in [2.75, 3.05) is 0 Å². The van der Waals surface area contributed by atoms with Gasteiger partial charge in [-0.3, -0.25) is 0 Å². The maximum atomic E-state index is 11.2. The second-order valence-electron chi connectivity index (χ2n) is 4.25. The summed E-state index contributed by atoms with van der Waals surface area (Å²) in [6, 6.07) is 3.33. The number of aromatic carboxylic acids is 1. The van der Waals surface area contributed by atoms with Crippen molar-refractivity contribution in [2.24, 2.45) is 0 Å². The van der Waals surface area contributed by atoms with Gasteiger partial charge in [0.25, 0.3) is 0 Å². The van der Waals surface area contributed by atoms with E-state index in [2.05, 4.69) is 4.98 Å². The van der Waals surface area contributed by atoms with Crippen molar-refractivity contribution >= 4 is 17.6 Å². The lowest BCUT2D eigenvalue weighted by molar-refractivity contribution is 0.0689. The second kappa shape index (κ2) is 4.17.